The molecule has 5 nitrogen and oxygen atoms in total. The van der Waals surface area contributed by atoms with E-state index < -0.39 is 5.97 Å². The van der Waals surface area contributed by atoms with Gasteiger partial charge in [0.25, 0.3) is 0 Å². The summed E-state index contributed by atoms with van der Waals surface area (Å²) in [6, 6.07) is 5.31. The van der Waals surface area contributed by atoms with Gasteiger partial charge >= 0.3 is 5.97 Å². The minimum absolute atomic E-state index is 0.201. The molecule has 1 aromatic carbocycles. The van der Waals surface area contributed by atoms with Gasteiger partial charge in [-0.3, -0.25) is 0 Å². The molecule has 0 bridgehead atoms. The molecular formula is C12H11NO4S. The van der Waals surface area contributed by atoms with E-state index in [4.69, 9.17) is 14.6 Å². The van der Waals surface area contributed by atoms with Crippen LogP contribution in [0.2, 0.25) is 0 Å². The Labute approximate surface area is 108 Å². The molecule has 0 aliphatic rings. The fourth-order valence-corrected chi connectivity index (χ4v) is 2.18. The maximum atomic E-state index is 10.8. The highest BCUT2D eigenvalue weighted by Crippen LogP contribution is 2.32. The van der Waals surface area contributed by atoms with E-state index in [1.54, 1.807) is 32.4 Å². The van der Waals surface area contributed by atoms with Crippen LogP contribution in [0.4, 0.5) is 0 Å². The number of nitrogens with zero attached hydrogens (tertiary/aromatic N) is 1. The third-order valence-corrected chi connectivity index (χ3v) is 3.35. The van der Waals surface area contributed by atoms with Gasteiger partial charge in [-0.05, 0) is 12.1 Å². The maximum absolute atomic E-state index is 10.8. The molecule has 0 aliphatic heterocycles. The number of carbonyl (C=O) groups is 1. The van der Waals surface area contributed by atoms with Crippen LogP contribution in [0.3, 0.4) is 0 Å². The molecule has 0 atom stereocenters. The lowest BCUT2D eigenvalue weighted by Gasteiger charge is -2.06. The summed E-state index contributed by atoms with van der Waals surface area (Å²) in [5.74, 6) is 0.293. The molecule has 0 saturated heterocycles. The van der Waals surface area contributed by atoms with Crippen LogP contribution in [-0.4, -0.2) is 30.3 Å². The summed E-state index contributed by atoms with van der Waals surface area (Å²) in [6.07, 6.45) is 1.34. The monoisotopic (exact) mass is 265 g/mol. The lowest BCUT2D eigenvalue weighted by Crippen LogP contribution is -1.89. The Morgan fingerprint density at radius 3 is 2.28 bits per heavy atom. The third kappa shape index (κ3) is 2.43. The first-order valence-electron chi connectivity index (χ1n) is 5.06. The van der Waals surface area contributed by atoms with Crippen molar-refractivity contribution in [3.63, 3.8) is 0 Å². The Balaban J connectivity index is 2.45. The summed E-state index contributed by atoms with van der Waals surface area (Å²) in [4.78, 5) is 15.1. The lowest BCUT2D eigenvalue weighted by molar-refractivity contribution is 0.0702. The molecule has 0 fully saturated rings. The number of benzene rings is 1. The molecule has 6 heteroatoms. The van der Waals surface area contributed by atoms with Gasteiger partial charge in [0.2, 0.25) is 0 Å². The quantitative estimate of drug-likeness (QED) is 0.920. The number of hydrogen-bond acceptors (Lipinski definition) is 5. The number of carboxylic acids is 1. The zero-order valence-corrected chi connectivity index (χ0v) is 10.7. The van der Waals surface area contributed by atoms with Crippen LogP contribution in [-0.2, 0) is 0 Å². The van der Waals surface area contributed by atoms with Crippen molar-refractivity contribution in [2.75, 3.05) is 14.2 Å². The number of carboxylic acid groups (broad SMARTS) is 1. The fourth-order valence-electron chi connectivity index (χ4n) is 1.44. The molecule has 2 rings (SSSR count). The standard InChI is InChI=1S/C12H11NO4S/c1-16-8-3-7(4-9(5-8)17-2)11-13-6-10(18-11)12(14)15/h3-6H,1-2H3,(H,14,15). The number of aromatic carboxylic acids is 1. The van der Waals surface area contributed by atoms with Gasteiger partial charge in [0.1, 0.15) is 21.4 Å². The molecule has 1 aromatic heterocycles. The normalized spacial score (nSPS) is 10.1. The fraction of sp³-hybridized carbons (Fsp3) is 0.167. The highest BCUT2D eigenvalue weighted by Gasteiger charge is 2.12. The van der Waals surface area contributed by atoms with Gasteiger partial charge in [-0.2, -0.15) is 0 Å². The molecule has 1 N–H and O–H groups in total. The summed E-state index contributed by atoms with van der Waals surface area (Å²) in [5.41, 5.74) is 0.767. The maximum Gasteiger partial charge on any atom is 0.347 e. The van der Waals surface area contributed by atoms with Gasteiger partial charge in [-0.25, -0.2) is 9.78 Å². The molecule has 0 spiro atoms. The van der Waals surface area contributed by atoms with Crippen molar-refractivity contribution >= 4 is 17.3 Å². The van der Waals surface area contributed by atoms with Gasteiger partial charge in [0.05, 0.1) is 20.4 Å². The zero-order valence-electron chi connectivity index (χ0n) is 9.84. The van der Waals surface area contributed by atoms with Crippen LogP contribution in [0.15, 0.2) is 24.4 Å². The van der Waals surface area contributed by atoms with Crippen molar-refractivity contribution in [3.05, 3.63) is 29.3 Å². The predicted octanol–water partition coefficient (Wildman–Crippen LogP) is 2.53. The highest BCUT2D eigenvalue weighted by molar-refractivity contribution is 7.16. The first-order chi connectivity index (χ1) is 8.63. The number of hydrogen-bond donors (Lipinski definition) is 1. The van der Waals surface area contributed by atoms with Gasteiger partial charge < -0.3 is 14.6 Å². The van der Waals surface area contributed by atoms with Crippen molar-refractivity contribution in [2.45, 2.75) is 0 Å². The van der Waals surface area contributed by atoms with E-state index in [2.05, 4.69) is 4.98 Å². The largest absolute Gasteiger partial charge is 0.497 e. The van der Waals surface area contributed by atoms with Crippen LogP contribution in [0.25, 0.3) is 10.6 Å². The average Bonchev–Trinajstić information content (AvgIpc) is 2.87. The third-order valence-electron chi connectivity index (χ3n) is 2.31. The van der Waals surface area contributed by atoms with E-state index in [0.29, 0.717) is 16.5 Å². The Morgan fingerprint density at radius 2 is 1.83 bits per heavy atom. The van der Waals surface area contributed by atoms with Crippen LogP contribution in [0.1, 0.15) is 9.67 Å². The van der Waals surface area contributed by atoms with Crippen LogP contribution in [0.5, 0.6) is 11.5 Å². The number of ether oxygens (including phenoxy) is 2. The number of thiazole rings is 1. The van der Waals surface area contributed by atoms with Crippen molar-refractivity contribution in [2.24, 2.45) is 0 Å². The molecule has 0 aliphatic carbocycles. The van der Waals surface area contributed by atoms with Crippen LogP contribution in [0, 0.1) is 0 Å². The Bertz CT molecular complexity index is 557. The molecular weight excluding hydrogens is 254 g/mol. The Kier molecular flexibility index (Phi) is 3.47. The topological polar surface area (TPSA) is 68.7 Å². The molecule has 0 saturated carbocycles. The number of methoxy groups -OCH3 is 2. The highest BCUT2D eigenvalue weighted by atomic mass is 32.1. The molecule has 0 radical (unpaired) electrons. The van der Waals surface area contributed by atoms with Crippen molar-refractivity contribution in [3.8, 4) is 22.1 Å². The van der Waals surface area contributed by atoms with Crippen LogP contribution < -0.4 is 9.47 Å². The second-order valence-corrected chi connectivity index (χ2v) is 4.47. The smallest absolute Gasteiger partial charge is 0.347 e. The van der Waals surface area contributed by atoms with E-state index in [9.17, 15) is 4.79 Å². The van der Waals surface area contributed by atoms with E-state index >= 15 is 0 Å². The summed E-state index contributed by atoms with van der Waals surface area (Å²) in [7, 11) is 3.12. The Morgan fingerprint density at radius 1 is 1.22 bits per heavy atom. The minimum Gasteiger partial charge on any atom is -0.497 e. The van der Waals surface area contributed by atoms with E-state index in [0.717, 1.165) is 16.9 Å². The van der Waals surface area contributed by atoms with E-state index in [1.165, 1.54) is 6.20 Å². The van der Waals surface area contributed by atoms with E-state index in [-0.39, 0.29) is 4.88 Å². The predicted molar refractivity (Wildman–Crippen MR) is 67.6 cm³/mol. The molecule has 94 valence electrons. The van der Waals surface area contributed by atoms with Gasteiger partial charge in [-0.1, -0.05) is 0 Å². The SMILES string of the molecule is COc1cc(OC)cc(-c2ncc(C(=O)O)s2)c1. The summed E-state index contributed by atoms with van der Waals surface area (Å²) < 4.78 is 10.3. The summed E-state index contributed by atoms with van der Waals surface area (Å²) in [6.45, 7) is 0. The van der Waals surface area contributed by atoms with Gasteiger partial charge in [0.15, 0.2) is 0 Å². The molecule has 0 amide bonds. The van der Waals surface area contributed by atoms with E-state index in [1.807, 2.05) is 0 Å². The number of rotatable bonds is 4. The van der Waals surface area contributed by atoms with Gasteiger partial charge in [0, 0.05) is 11.6 Å². The van der Waals surface area contributed by atoms with Crippen LogP contribution >= 0.6 is 11.3 Å². The first kappa shape index (κ1) is 12.4. The van der Waals surface area contributed by atoms with Gasteiger partial charge in [-0.15, -0.1) is 11.3 Å². The second-order valence-electron chi connectivity index (χ2n) is 3.44. The molecule has 18 heavy (non-hydrogen) atoms. The molecule has 0 unspecified atom stereocenters. The minimum atomic E-state index is -0.978. The van der Waals surface area contributed by atoms with Crippen molar-refractivity contribution < 1.29 is 19.4 Å². The van der Waals surface area contributed by atoms with Crippen molar-refractivity contribution in [1.82, 2.24) is 4.98 Å². The summed E-state index contributed by atoms with van der Waals surface area (Å²) >= 11 is 1.11. The number of aromatic nitrogens is 1. The molecule has 2 aromatic rings. The first-order valence-corrected chi connectivity index (χ1v) is 5.88. The zero-order chi connectivity index (χ0) is 13.1. The second kappa shape index (κ2) is 5.05. The average molecular weight is 265 g/mol. The van der Waals surface area contributed by atoms with Crippen molar-refractivity contribution in [1.29, 1.82) is 0 Å². The lowest BCUT2D eigenvalue weighted by atomic mass is 10.2. The summed E-state index contributed by atoms with van der Waals surface area (Å²) in [5, 5.41) is 9.48. The molecule has 1 heterocycles. The Hall–Kier alpha value is -2.08.